The topological polar surface area (TPSA) is 95.9 Å². The average Bonchev–Trinajstić information content (AvgIpc) is 3.42. The van der Waals surface area contributed by atoms with Crippen LogP contribution >= 0.6 is 11.8 Å². The van der Waals surface area contributed by atoms with Gasteiger partial charge in [0.1, 0.15) is 18.7 Å². The largest absolute Gasteiger partial charge is 0.480 e. The zero-order valence-electron chi connectivity index (χ0n) is 19.5. The number of carbonyl (C=O) groups is 3. The van der Waals surface area contributed by atoms with Crippen LogP contribution in [0.1, 0.15) is 43.2 Å². The minimum Gasteiger partial charge on any atom is -0.480 e. The van der Waals surface area contributed by atoms with Gasteiger partial charge in [-0.25, -0.2) is 9.59 Å². The Kier molecular flexibility index (Phi) is 7.67. The van der Waals surface area contributed by atoms with E-state index in [9.17, 15) is 19.5 Å². The van der Waals surface area contributed by atoms with Gasteiger partial charge in [-0.2, -0.15) is 0 Å². The molecule has 1 heterocycles. The Morgan fingerprint density at radius 2 is 1.80 bits per heavy atom. The molecule has 2 aromatic rings. The van der Waals surface area contributed by atoms with E-state index in [1.165, 1.54) is 16.7 Å². The van der Waals surface area contributed by atoms with E-state index in [0.717, 1.165) is 28.7 Å². The van der Waals surface area contributed by atoms with Gasteiger partial charge in [0, 0.05) is 18.1 Å². The molecule has 7 nitrogen and oxygen atoms in total. The molecule has 2 aromatic carbocycles. The molecule has 3 unspecified atom stereocenters. The quantitative estimate of drug-likeness (QED) is 0.540. The summed E-state index contributed by atoms with van der Waals surface area (Å²) in [6, 6.07) is 14.0. The van der Waals surface area contributed by atoms with Gasteiger partial charge in [-0.15, -0.1) is 24.1 Å². The molecule has 1 aliphatic heterocycles. The average molecular weight is 493 g/mol. The second kappa shape index (κ2) is 10.9. The molecule has 3 atom stereocenters. The smallest absolute Gasteiger partial charge is 0.407 e. The highest BCUT2D eigenvalue weighted by Gasteiger charge is 2.43. The van der Waals surface area contributed by atoms with E-state index < -0.39 is 30.1 Å². The highest BCUT2D eigenvalue weighted by Crippen LogP contribution is 2.44. The lowest BCUT2D eigenvalue weighted by Gasteiger charge is -2.30. The number of carboxylic acids is 1. The fraction of sp³-hybridized carbons (Fsp3) is 0.370. The molecular formula is C27H28N2O5S. The minimum atomic E-state index is -1.06. The Balaban J connectivity index is 1.46. The highest BCUT2D eigenvalue weighted by atomic mass is 32.2. The number of terminal acetylenes is 1. The molecule has 1 saturated heterocycles. The summed E-state index contributed by atoms with van der Waals surface area (Å²) in [5.74, 6) is 1.05. The predicted octanol–water partition coefficient (Wildman–Crippen LogP) is 4.07. The number of carboxylic acid groups (broad SMARTS) is 1. The maximum atomic E-state index is 13.3. The lowest BCUT2D eigenvalue weighted by Crippen LogP contribution is -2.54. The number of amides is 2. The molecule has 4 rings (SSSR count). The molecule has 35 heavy (non-hydrogen) atoms. The van der Waals surface area contributed by atoms with Crippen molar-refractivity contribution >= 4 is 29.7 Å². The van der Waals surface area contributed by atoms with Gasteiger partial charge < -0.3 is 20.1 Å². The second-order valence-corrected chi connectivity index (χ2v) is 9.82. The van der Waals surface area contributed by atoms with Crippen molar-refractivity contribution in [3.63, 3.8) is 0 Å². The number of hydrogen-bond donors (Lipinski definition) is 2. The van der Waals surface area contributed by atoms with Crippen LogP contribution in [0.4, 0.5) is 4.79 Å². The van der Waals surface area contributed by atoms with Gasteiger partial charge >= 0.3 is 12.1 Å². The molecule has 1 aliphatic carbocycles. The maximum Gasteiger partial charge on any atom is 0.407 e. The zero-order valence-corrected chi connectivity index (χ0v) is 20.3. The first kappa shape index (κ1) is 24.7. The maximum absolute atomic E-state index is 13.3. The van der Waals surface area contributed by atoms with Crippen LogP contribution in [0.25, 0.3) is 11.1 Å². The third-order valence-electron chi connectivity index (χ3n) is 6.42. The fourth-order valence-corrected chi connectivity index (χ4v) is 6.32. The van der Waals surface area contributed by atoms with Crippen LogP contribution in [0.15, 0.2) is 48.5 Å². The summed E-state index contributed by atoms with van der Waals surface area (Å²) in [6.07, 6.45) is 6.12. The summed E-state index contributed by atoms with van der Waals surface area (Å²) in [5.41, 5.74) is 4.40. The first-order valence-corrected chi connectivity index (χ1v) is 12.7. The van der Waals surface area contributed by atoms with Crippen LogP contribution in [0.5, 0.6) is 0 Å². The summed E-state index contributed by atoms with van der Waals surface area (Å²) in [4.78, 5) is 39.2. The van der Waals surface area contributed by atoms with Gasteiger partial charge in [-0.3, -0.25) is 4.79 Å². The molecule has 0 saturated carbocycles. The molecule has 0 spiro atoms. The minimum absolute atomic E-state index is 0.0601. The number of aliphatic carboxylic acids is 1. The van der Waals surface area contributed by atoms with Crippen molar-refractivity contribution in [2.45, 2.75) is 49.6 Å². The van der Waals surface area contributed by atoms with E-state index in [4.69, 9.17) is 11.2 Å². The summed E-state index contributed by atoms with van der Waals surface area (Å²) in [6.45, 7) is 2.08. The SMILES string of the molecule is C#CCC(NC(=O)OCC1c2ccccc2-c2ccccc21)C(=O)N1C(CCC)SCC1C(=O)O. The molecule has 8 heteroatoms. The number of ether oxygens (including phenoxy) is 1. The Hall–Kier alpha value is -3.44. The van der Waals surface area contributed by atoms with Crippen molar-refractivity contribution in [3.8, 4) is 23.5 Å². The lowest BCUT2D eigenvalue weighted by atomic mass is 9.98. The number of nitrogens with zero attached hydrogens (tertiary/aromatic N) is 1. The number of thioether (sulfide) groups is 1. The van der Waals surface area contributed by atoms with Crippen molar-refractivity contribution < 1.29 is 24.2 Å². The van der Waals surface area contributed by atoms with E-state index in [0.29, 0.717) is 12.2 Å². The van der Waals surface area contributed by atoms with Crippen LogP contribution in [0, 0.1) is 12.3 Å². The first-order valence-electron chi connectivity index (χ1n) is 11.7. The van der Waals surface area contributed by atoms with Gasteiger partial charge in [-0.05, 0) is 28.7 Å². The van der Waals surface area contributed by atoms with Crippen molar-refractivity contribution in [2.75, 3.05) is 12.4 Å². The number of hydrogen-bond acceptors (Lipinski definition) is 5. The van der Waals surface area contributed by atoms with Crippen molar-refractivity contribution in [1.82, 2.24) is 10.2 Å². The first-order chi connectivity index (χ1) is 17.0. The molecule has 1 fully saturated rings. The lowest BCUT2D eigenvalue weighted by molar-refractivity contribution is -0.150. The molecule has 0 bridgehead atoms. The van der Waals surface area contributed by atoms with Crippen molar-refractivity contribution in [1.29, 1.82) is 0 Å². The van der Waals surface area contributed by atoms with Crippen molar-refractivity contribution in [2.24, 2.45) is 0 Å². The van der Waals surface area contributed by atoms with E-state index in [1.807, 2.05) is 43.3 Å². The molecule has 2 amide bonds. The third-order valence-corrected chi connectivity index (χ3v) is 7.78. The van der Waals surface area contributed by atoms with Gasteiger partial charge in [0.15, 0.2) is 0 Å². The molecule has 2 aliphatic rings. The number of fused-ring (bicyclic) bond motifs is 3. The summed E-state index contributed by atoms with van der Waals surface area (Å²) >= 11 is 1.44. The van der Waals surface area contributed by atoms with Gasteiger partial charge in [0.05, 0.1) is 5.37 Å². The van der Waals surface area contributed by atoms with Gasteiger partial charge in [-0.1, -0.05) is 61.9 Å². The number of rotatable bonds is 8. The highest BCUT2D eigenvalue weighted by molar-refractivity contribution is 8.00. The van der Waals surface area contributed by atoms with Crippen LogP contribution in [-0.2, 0) is 14.3 Å². The van der Waals surface area contributed by atoms with E-state index >= 15 is 0 Å². The summed E-state index contributed by atoms with van der Waals surface area (Å²) in [5, 5.41) is 11.9. The Labute approximate surface area is 209 Å². The third kappa shape index (κ3) is 5.01. The Morgan fingerprint density at radius 1 is 1.17 bits per heavy atom. The Bertz CT molecular complexity index is 1110. The van der Waals surface area contributed by atoms with Crippen LogP contribution in [0.3, 0.4) is 0 Å². The number of benzene rings is 2. The summed E-state index contributed by atoms with van der Waals surface area (Å²) < 4.78 is 5.57. The van der Waals surface area contributed by atoms with E-state index in [-0.39, 0.29) is 24.3 Å². The van der Waals surface area contributed by atoms with Crippen LogP contribution in [0.2, 0.25) is 0 Å². The molecule has 2 N–H and O–H groups in total. The number of carbonyl (C=O) groups excluding carboxylic acids is 2. The number of alkyl carbamates (subject to hydrolysis) is 1. The van der Waals surface area contributed by atoms with Crippen molar-refractivity contribution in [3.05, 3.63) is 59.7 Å². The Morgan fingerprint density at radius 3 is 2.37 bits per heavy atom. The van der Waals surface area contributed by atoms with Gasteiger partial charge in [0.2, 0.25) is 5.91 Å². The van der Waals surface area contributed by atoms with E-state index in [2.05, 4.69) is 23.4 Å². The molecule has 182 valence electrons. The van der Waals surface area contributed by atoms with Crippen LogP contribution < -0.4 is 5.32 Å². The van der Waals surface area contributed by atoms with E-state index in [1.54, 1.807) is 0 Å². The molecule has 0 radical (unpaired) electrons. The fourth-order valence-electron chi connectivity index (χ4n) is 4.80. The predicted molar refractivity (Wildman–Crippen MR) is 135 cm³/mol. The monoisotopic (exact) mass is 492 g/mol. The number of nitrogens with one attached hydrogen (secondary N) is 1. The molecular weight excluding hydrogens is 464 g/mol. The van der Waals surface area contributed by atoms with Crippen LogP contribution in [-0.4, -0.2) is 57.8 Å². The normalized spacial score (nSPS) is 19.4. The van der Waals surface area contributed by atoms with Gasteiger partial charge in [0.25, 0.3) is 0 Å². The summed E-state index contributed by atoms with van der Waals surface area (Å²) in [7, 11) is 0. The second-order valence-electron chi connectivity index (χ2n) is 8.61. The standard InChI is InChI=1S/C27H28N2O5S/c1-3-9-22(25(30)29-23(26(31)32)16-35-24(29)10-4-2)28-27(33)34-15-21-19-13-7-5-11-17(19)18-12-6-8-14-20(18)21/h1,5-8,11-14,21-24H,4,9-10,15-16H2,2H3,(H,28,33)(H,31,32). The molecule has 0 aromatic heterocycles. The zero-order chi connectivity index (χ0) is 24.9.